The van der Waals surface area contributed by atoms with E-state index in [1.165, 1.54) is 4.90 Å². The quantitative estimate of drug-likeness (QED) is 0.419. The van der Waals surface area contributed by atoms with Crippen LogP contribution in [0.3, 0.4) is 0 Å². The van der Waals surface area contributed by atoms with Crippen molar-refractivity contribution in [3.05, 3.63) is 95.4 Å². The molecular weight excluding hydrogens is 416 g/mol. The predicted octanol–water partition coefficient (Wildman–Crippen LogP) is 5.34. The van der Waals surface area contributed by atoms with E-state index in [4.69, 9.17) is 9.15 Å². The molecule has 0 atom stereocenters. The number of rotatable bonds is 7. The Kier molecular flexibility index (Phi) is 6.45. The van der Waals surface area contributed by atoms with Crippen molar-refractivity contribution in [3.63, 3.8) is 0 Å². The number of benzene rings is 3. The van der Waals surface area contributed by atoms with Crippen LogP contribution >= 0.6 is 0 Å². The van der Waals surface area contributed by atoms with Gasteiger partial charge in [0.1, 0.15) is 18.1 Å². The molecule has 6 nitrogen and oxygen atoms in total. The van der Waals surface area contributed by atoms with Gasteiger partial charge in [-0.2, -0.15) is 0 Å². The first-order chi connectivity index (χ1) is 15.9. The summed E-state index contributed by atoms with van der Waals surface area (Å²) in [7, 11) is 1.57. The molecule has 0 spiro atoms. The number of nitrogens with one attached hydrogen (secondary N) is 1. The average Bonchev–Trinajstić information content (AvgIpc) is 3.28. The van der Waals surface area contributed by atoms with E-state index in [1.807, 2.05) is 74.5 Å². The van der Waals surface area contributed by atoms with Crippen LogP contribution in [0.4, 0.5) is 5.69 Å². The number of fused-ring (bicyclic) bond motifs is 1. The molecule has 33 heavy (non-hydrogen) atoms. The molecular formula is C27H26N2O4. The molecule has 0 unspecified atom stereocenters. The zero-order valence-corrected chi connectivity index (χ0v) is 18.9. The van der Waals surface area contributed by atoms with Gasteiger partial charge in [-0.1, -0.05) is 48.5 Å². The number of hydrogen-bond acceptors (Lipinski definition) is 4. The van der Waals surface area contributed by atoms with Crippen LogP contribution in [0, 0.1) is 13.8 Å². The van der Waals surface area contributed by atoms with Crippen LogP contribution in [0.2, 0.25) is 0 Å². The highest BCUT2D eigenvalue weighted by atomic mass is 16.5. The lowest BCUT2D eigenvalue weighted by atomic mass is 10.1. The Morgan fingerprint density at radius 2 is 1.64 bits per heavy atom. The highest BCUT2D eigenvalue weighted by Gasteiger charge is 2.19. The number of hydrogen-bond donors (Lipinski definition) is 1. The summed E-state index contributed by atoms with van der Waals surface area (Å²) in [5.74, 6) is 0.769. The van der Waals surface area contributed by atoms with Crippen LogP contribution < -0.4 is 10.1 Å². The van der Waals surface area contributed by atoms with Gasteiger partial charge in [0.25, 0.3) is 5.91 Å². The van der Waals surface area contributed by atoms with E-state index in [9.17, 15) is 9.59 Å². The van der Waals surface area contributed by atoms with Crippen molar-refractivity contribution < 1.29 is 18.7 Å². The zero-order chi connectivity index (χ0) is 23.4. The van der Waals surface area contributed by atoms with Crippen LogP contribution in [0.25, 0.3) is 10.8 Å². The number of carbonyl (C=O) groups is 2. The van der Waals surface area contributed by atoms with Crippen molar-refractivity contribution in [1.82, 2.24) is 4.90 Å². The summed E-state index contributed by atoms with van der Waals surface area (Å²) < 4.78 is 11.5. The van der Waals surface area contributed by atoms with Crippen LogP contribution in [0.5, 0.6) is 5.75 Å². The standard InChI is InChI=1S/C27H26N2O4/c1-18-7-6-8-19(2)26(18)28-25(30)16-29(3)27(31)24-14-13-23(33-24)17-32-22-12-11-20-9-4-5-10-21(20)15-22/h4-15H,16-17H2,1-3H3,(H,28,30). The maximum atomic E-state index is 12.7. The smallest absolute Gasteiger partial charge is 0.289 e. The van der Waals surface area contributed by atoms with Crippen LogP contribution in [-0.4, -0.2) is 30.3 Å². The molecule has 3 aromatic carbocycles. The average molecular weight is 443 g/mol. The van der Waals surface area contributed by atoms with E-state index in [1.54, 1.807) is 19.2 Å². The molecule has 0 saturated carbocycles. The molecule has 6 heteroatoms. The maximum Gasteiger partial charge on any atom is 0.289 e. The first-order valence-corrected chi connectivity index (χ1v) is 10.7. The van der Waals surface area contributed by atoms with Crippen molar-refractivity contribution >= 4 is 28.3 Å². The number of amides is 2. The van der Waals surface area contributed by atoms with Gasteiger partial charge >= 0.3 is 0 Å². The number of nitrogens with zero attached hydrogens (tertiary/aromatic N) is 1. The van der Waals surface area contributed by atoms with Crippen molar-refractivity contribution in [1.29, 1.82) is 0 Å². The second-order valence-corrected chi connectivity index (χ2v) is 8.04. The minimum Gasteiger partial charge on any atom is -0.486 e. The predicted molar refractivity (Wildman–Crippen MR) is 128 cm³/mol. The Morgan fingerprint density at radius 1 is 0.909 bits per heavy atom. The minimum absolute atomic E-state index is 0.0871. The van der Waals surface area contributed by atoms with Gasteiger partial charge in [-0.15, -0.1) is 0 Å². The molecule has 0 saturated heterocycles. The maximum absolute atomic E-state index is 12.7. The number of likely N-dealkylation sites (N-methyl/N-ethyl adjacent to an activating group) is 1. The lowest BCUT2D eigenvalue weighted by molar-refractivity contribution is -0.116. The molecule has 0 aliphatic carbocycles. The van der Waals surface area contributed by atoms with Gasteiger partial charge in [0.15, 0.2) is 5.76 Å². The van der Waals surface area contributed by atoms with Gasteiger partial charge in [0.05, 0.1) is 6.54 Å². The number of para-hydroxylation sites is 1. The number of carbonyl (C=O) groups excluding carboxylic acids is 2. The lowest BCUT2D eigenvalue weighted by Gasteiger charge is -2.17. The highest BCUT2D eigenvalue weighted by Crippen LogP contribution is 2.22. The number of anilines is 1. The highest BCUT2D eigenvalue weighted by molar-refractivity contribution is 5.98. The van der Waals surface area contributed by atoms with E-state index in [2.05, 4.69) is 5.32 Å². The molecule has 1 N–H and O–H groups in total. The molecule has 0 fully saturated rings. The van der Waals surface area contributed by atoms with Gasteiger partial charge in [0, 0.05) is 12.7 Å². The summed E-state index contributed by atoms with van der Waals surface area (Å²) in [6.45, 7) is 3.97. The molecule has 168 valence electrons. The second-order valence-electron chi connectivity index (χ2n) is 8.04. The summed E-state index contributed by atoms with van der Waals surface area (Å²) in [6, 6.07) is 23.0. The molecule has 0 aliphatic rings. The minimum atomic E-state index is -0.372. The van der Waals surface area contributed by atoms with Crippen LogP contribution in [0.15, 0.2) is 77.2 Å². The topological polar surface area (TPSA) is 71.8 Å². The van der Waals surface area contributed by atoms with Crippen molar-refractivity contribution in [2.45, 2.75) is 20.5 Å². The van der Waals surface area contributed by atoms with Crippen molar-refractivity contribution in [2.75, 3.05) is 18.9 Å². The van der Waals surface area contributed by atoms with E-state index in [0.717, 1.165) is 33.3 Å². The normalized spacial score (nSPS) is 10.8. The van der Waals surface area contributed by atoms with E-state index < -0.39 is 0 Å². The Morgan fingerprint density at radius 3 is 2.39 bits per heavy atom. The summed E-state index contributed by atoms with van der Waals surface area (Å²) >= 11 is 0. The van der Waals surface area contributed by atoms with Crippen molar-refractivity contribution in [3.8, 4) is 5.75 Å². The lowest BCUT2D eigenvalue weighted by Crippen LogP contribution is -2.35. The molecule has 4 rings (SSSR count). The van der Waals surface area contributed by atoms with Crippen LogP contribution in [-0.2, 0) is 11.4 Å². The largest absolute Gasteiger partial charge is 0.486 e. The van der Waals surface area contributed by atoms with Gasteiger partial charge in [-0.25, -0.2) is 0 Å². The summed E-state index contributed by atoms with van der Waals surface area (Å²) in [5.41, 5.74) is 2.72. The number of furan rings is 1. The SMILES string of the molecule is Cc1cccc(C)c1NC(=O)CN(C)C(=O)c1ccc(COc2ccc3ccccc3c2)o1. The fourth-order valence-corrected chi connectivity index (χ4v) is 3.65. The first-order valence-electron chi connectivity index (χ1n) is 10.7. The first kappa shape index (κ1) is 22.1. The molecule has 4 aromatic rings. The fourth-order valence-electron chi connectivity index (χ4n) is 3.65. The second kappa shape index (κ2) is 9.61. The Bertz CT molecular complexity index is 1290. The molecule has 1 heterocycles. The Labute approximate surface area is 192 Å². The number of aryl methyl sites for hydroxylation is 2. The fraction of sp³-hybridized carbons (Fsp3) is 0.185. The van der Waals surface area contributed by atoms with Crippen molar-refractivity contribution in [2.24, 2.45) is 0 Å². The van der Waals surface area contributed by atoms with E-state index in [-0.39, 0.29) is 30.7 Å². The number of ether oxygens (including phenoxy) is 1. The summed E-state index contributed by atoms with van der Waals surface area (Å²) in [6.07, 6.45) is 0. The molecule has 0 aliphatic heterocycles. The zero-order valence-electron chi connectivity index (χ0n) is 18.9. The Balaban J connectivity index is 1.34. The van der Waals surface area contributed by atoms with Gasteiger partial charge in [-0.05, 0) is 60.0 Å². The van der Waals surface area contributed by atoms with Gasteiger partial charge in [-0.3, -0.25) is 9.59 Å². The van der Waals surface area contributed by atoms with Gasteiger partial charge < -0.3 is 19.4 Å². The van der Waals surface area contributed by atoms with Gasteiger partial charge in [0.2, 0.25) is 5.91 Å². The molecule has 0 bridgehead atoms. The molecule has 2 amide bonds. The van der Waals surface area contributed by atoms with E-state index >= 15 is 0 Å². The summed E-state index contributed by atoms with van der Waals surface area (Å²) in [5, 5.41) is 5.12. The Hall–Kier alpha value is -4.06. The third kappa shape index (κ3) is 5.23. The molecule has 0 radical (unpaired) electrons. The monoisotopic (exact) mass is 442 g/mol. The molecule has 1 aromatic heterocycles. The van der Waals surface area contributed by atoms with Crippen LogP contribution in [0.1, 0.15) is 27.4 Å². The van der Waals surface area contributed by atoms with E-state index in [0.29, 0.717) is 5.76 Å². The third-order valence-corrected chi connectivity index (χ3v) is 5.45. The summed E-state index contributed by atoms with van der Waals surface area (Å²) in [4.78, 5) is 26.5. The third-order valence-electron chi connectivity index (χ3n) is 5.45.